The second kappa shape index (κ2) is 7.07. The molecule has 19 heavy (non-hydrogen) atoms. The molecule has 0 aliphatic carbocycles. The van der Waals surface area contributed by atoms with Gasteiger partial charge in [0.1, 0.15) is 0 Å². The number of anilines is 1. The lowest BCUT2D eigenvalue weighted by atomic mass is 10.1. The molecule has 0 amide bonds. The van der Waals surface area contributed by atoms with E-state index >= 15 is 0 Å². The third kappa shape index (κ3) is 4.97. The van der Waals surface area contributed by atoms with Gasteiger partial charge in [-0.3, -0.25) is 0 Å². The molecule has 1 heterocycles. The van der Waals surface area contributed by atoms with Gasteiger partial charge >= 0.3 is 0 Å². The fourth-order valence-electron chi connectivity index (χ4n) is 1.71. The minimum Gasteiger partial charge on any atom is -0.480 e. The van der Waals surface area contributed by atoms with Gasteiger partial charge in [0.15, 0.2) is 5.13 Å². The average Bonchev–Trinajstić information content (AvgIpc) is 2.72. The molecule has 0 bridgehead atoms. The monoisotopic (exact) mass is 287 g/mol. The van der Waals surface area contributed by atoms with Gasteiger partial charge in [-0.25, -0.2) is 0 Å². The van der Waals surface area contributed by atoms with Gasteiger partial charge in [-0.15, -0.1) is 0 Å². The number of nitrogens with one attached hydrogen (secondary N) is 1. The van der Waals surface area contributed by atoms with Crippen molar-refractivity contribution >= 4 is 16.5 Å². The SMILES string of the molecule is CCOC(C)(C)CNCc1sc(N(C)C)nc1OC. The van der Waals surface area contributed by atoms with Crippen LogP contribution >= 0.6 is 11.3 Å². The van der Waals surface area contributed by atoms with E-state index in [1.807, 2.05) is 25.9 Å². The second-order valence-corrected chi connectivity index (χ2v) is 6.18. The van der Waals surface area contributed by atoms with Gasteiger partial charge in [0.2, 0.25) is 5.88 Å². The minimum absolute atomic E-state index is 0.156. The Bertz CT molecular complexity index is 391. The summed E-state index contributed by atoms with van der Waals surface area (Å²) in [6, 6.07) is 0. The summed E-state index contributed by atoms with van der Waals surface area (Å²) in [5.74, 6) is 0.704. The lowest BCUT2D eigenvalue weighted by Gasteiger charge is -2.24. The Hall–Kier alpha value is -0.850. The zero-order valence-corrected chi connectivity index (χ0v) is 13.6. The molecule has 0 saturated heterocycles. The molecule has 0 atom stereocenters. The summed E-state index contributed by atoms with van der Waals surface area (Å²) >= 11 is 1.64. The minimum atomic E-state index is -0.156. The Balaban J connectivity index is 2.57. The first-order chi connectivity index (χ1) is 8.89. The highest BCUT2D eigenvalue weighted by Gasteiger charge is 2.18. The molecule has 6 heteroatoms. The maximum atomic E-state index is 5.65. The van der Waals surface area contributed by atoms with Crippen LogP contribution in [0.15, 0.2) is 0 Å². The maximum Gasteiger partial charge on any atom is 0.230 e. The molecule has 0 spiro atoms. The second-order valence-electron chi connectivity index (χ2n) is 5.12. The highest BCUT2D eigenvalue weighted by molar-refractivity contribution is 7.15. The van der Waals surface area contributed by atoms with E-state index in [4.69, 9.17) is 9.47 Å². The molecule has 5 nitrogen and oxygen atoms in total. The third-order valence-corrected chi connectivity index (χ3v) is 3.80. The van der Waals surface area contributed by atoms with Crippen LogP contribution in [0.3, 0.4) is 0 Å². The predicted molar refractivity (Wildman–Crippen MR) is 80.4 cm³/mol. The van der Waals surface area contributed by atoms with Crippen LogP contribution in [-0.2, 0) is 11.3 Å². The van der Waals surface area contributed by atoms with Crippen LogP contribution in [0.4, 0.5) is 5.13 Å². The van der Waals surface area contributed by atoms with Crippen molar-refractivity contribution in [2.45, 2.75) is 32.9 Å². The molecule has 0 radical (unpaired) electrons. The van der Waals surface area contributed by atoms with Crippen LogP contribution in [0.1, 0.15) is 25.6 Å². The highest BCUT2D eigenvalue weighted by atomic mass is 32.1. The van der Waals surface area contributed by atoms with Gasteiger partial charge in [-0.1, -0.05) is 11.3 Å². The van der Waals surface area contributed by atoms with Crippen molar-refractivity contribution in [3.05, 3.63) is 4.88 Å². The summed E-state index contributed by atoms with van der Waals surface area (Å²) in [5, 5.41) is 4.36. The Kier molecular flexibility index (Phi) is 6.03. The van der Waals surface area contributed by atoms with Crippen LogP contribution in [0.5, 0.6) is 5.88 Å². The van der Waals surface area contributed by atoms with Gasteiger partial charge in [0.25, 0.3) is 0 Å². The molecule has 0 aromatic carbocycles. The molecule has 0 aliphatic rings. The molecule has 1 aromatic rings. The number of nitrogens with zero attached hydrogens (tertiary/aromatic N) is 2. The first-order valence-corrected chi connectivity index (χ1v) is 7.27. The summed E-state index contributed by atoms with van der Waals surface area (Å²) in [4.78, 5) is 7.53. The largest absolute Gasteiger partial charge is 0.480 e. The molecular formula is C13H25N3O2S. The molecule has 110 valence electrons. The third-order valence-electron chi connectivity index (χ3n) is 2.60. The van der Waals surface area contributed by atoms with E-state index in [1.54, 1.807) is 18.4 Å². The van der Waals surface area contributed by atoms with Crippen molar-refractivity contribution in [3.8, 4) is 5.88 Å². The Morgan fingerprint density at radius 1 is 1.37 bits per heavy atom. The standard InChI is InChI=1S/C13H25N3O2S/c1-7-18-13(2,3)9-14-8-10-11(17-6)15-12(19-10)16(4)5/h14H,7-9H2,1-6H3. The summed E-state index contributed by atoms with van der Waals surface area (Å²) in [7, 11) is 5.61. The molecule has 1 aromatic heterocycles. The van der Waals surface area contributed by atoms with Crippen molar-refractivity contribution in [3.63, 3.8) is 0 Å². The lowest BCUT2D eigenvalue weighted by Crippen LogP contribution is -2.37. The van der Waals surface area contributed by atoms with E-state index in [0.717, 1.165) is 29.7 Å². The molecule has 0 saturated carbocycles. The number of methoxy groups -OCH3 is 1. The van der Waals surface area contributed by atoms with Gasteiger partial charge in [0, 0.05) is 33.8 Å². The Labute approximate surface area is 119 Å². The van der Waals surface area contributed by atoms with Crippen LogP contribution < -0.4 is 15.0 Å². The van der Waals surface area contributed by atoms with E-state index in [2.05, 4.69) is 24.1 Å². The molecular weight excluding hydrogens is 262 g/mol. The summed E-state index contributed by atoms with van der Waals surface area (Å²) in [6.07, 6.45) is 0. The van der Waals surface area contributed by atoms with Crippen LogP contribution in [0.25, 0.3) is 0 Å². The van der Waals surface area contributed by atoms with Crippen molar-refractivity contribution < 1.29 is 9.47 Å². The first-order valence-electron chi connectivity index (χ1n) is 6.45. The van der Waals surface area contributed by atoms with Gasteiger partial charge in [-0.2, -0.15) is 4.98 Å². The highest BCUT2D eigenvalue weighted by Crippen LogP contribution is 2.30. The average molecular weight is 287 g/mol. The lowest BCUT2D eigenvalue weighted by molar-refractivity contribution is -0.00896. The summed E-state index contributed by atoms with van der Waals surface area (Å²) in [6.45, 7) is 8.43. The fraction of sp³-hybridized carbons (Fsp3) is 0.769. The number of ether oxygens (including phenoxy) is 2. The van der Waals surface area contributed by atoms with E-state index in [9.17, 15) is 0 Å². The van der Waals surface area contributed by atoms with E-state index in [0.29, 0.717) is 5.88 Å². The van der Waals surface area contributed by atoms with Crippen molar-refractivity contribution in [1.29, 1.82) is 0 Å². The zero-order chi connectivity index (χ0) is 14.5. The van der Waals surface area contributed by atoms with E-state index in [-0.39, 0.29) is 5.60 Å². The van der Waals surface area contributed by atoms with E-state index in [1.165, 1.54) is 0 Å². The van der Waals surface area contributed by atoms with Gasteiger partial charge in [0.05, 0.1) is 17.6 Å². The van der Waals surface area contributed by atoms with Gasteiger partial charge in [-0.05, 0) is 20.8 Å². The topological polar surface area (TPSA) is 46.6 Å². The Morgan fingerprint density at radius 2 is 2.05 bits per heavy atom. The number of rotatable bonds is 8. The summed E-state index contributed by atoms with van der Waals surface area (Å²) in [5.41, 5.74) is -0.156. The molecule has 0 aliphatic heterocycles. The first kappa shape index (κ1) is 16.2. The predicted octanol–water partition coefficient (Wildman–Crippen LogP) is 2.12. The number of hydrogen-bond donors (Lipinski definition) is 1. The van der Waals surface area contributed by atoms with Crippen LogP contribution in [0, 0.1) is 0 Å². The maximum absolute atomic E-state index is 5.65. The normalized spacial score (nSPS) is 11.7. The van der Waals surface area contributed by atoms with Crippen molar-refractivity contribution in [1.82, 2.24) is 10.3 Å². The molecule has 0 unspecified atom stereocenters. The molecule has 1 rings (SSSR count). The number of thiazole rings is 1. The number of hydrogen-bond acceptors (Lipinski definition) is 6. The smallest absolute Gasteiger partial charge is 0.230 e. The van der Waals surface area contributed by atoms with Gasteiger partial charge < -0.3 is 19.7 Å². The van der Waals surface area contributed by atoms with Crippen LogP contribution in [-0.4, -0.2) is 44.9 Å². The van der Waals surface area contributed by atoms with Crippen molar-refractivity contribution in [2.24, 2.45) is 0 Å². The summed E-state index contributed by atoms with van der Waals surface area (Å²) < 4.78 is 11.0. The number of aromatic nitrogens is 1. The molecule has 0 fully saturated rings. The fourth-order valence-corrected chi connectivity index (χ4v) is 2.63. The molecule has 1 N–H and O–H groups in total. The van der Waals surface area contributed by atoms with Crippen LogP contribution in [0.2, 0.25) is 0 Å². The quantitative estimate of drug-likeness (QED) is 0.793. The zero-order valence-electron chi connectivity index (χ0n) is 12.7. The van der Waals surface area contributed by atoms with E-state index < -0.39 is 0 Å². The van der Waals surface area contributed by atoms with Crippen molar-refractivity contribution in [2.75, 3.05) is 39.3 Å². The Morgan fingerprint density at radius 3 is 2.58 bits per heavy atom.